The zero-order valence-corrected chi connectivity index (χ0v) is 37.4. The summed E-state index contributed by atoms with van der Waals surface area (Å²) in [6.45, 7) is 15.2. The molecule has 3 heterocycles. The number of aliphatic imine (C=N–C) groups is 1. The van der Waals surface area contributed by atoms with Gasteiger partial charge in [0.05, 0.1) is 22.3 Å². The fourth-order valence-electron chi connectivity index (χ4n) is 8.61. The second kappa shape index (κ2) is 18.7. The van der Waals surface area contributed by atoms with Crippen LogP contribution in [0.3, 0.4) is 0 Å². The van der Waals surface area contributed by atoms with E-state index in [9.17, 15) is 9.90 Å². The van der Waals surface area contributed by atoms with Crippen molar-refractivity contribution in [3.05, 3.63) is 142 Å². The van der Waals surface area contributed by atoms with Gasteiger partial charge in [0.15, 0.2) is 10.9 Å². The minimum atomic E-state index is -1.06. The molecule has 0 amide bonds. The summed E-state index contributed by atoms with van der Waals surface area (Å²) in [7, 11) is 0. The zero-order chi connectivity index (χ0) is 44.2. The molecule has 2 aromatic heterocycles. The number of anilines is 3. The lowest BCUT2D eigenvalue weighted by Crippen LogP contribution is -2.22. The Kier molecular flexibility index (Phi) is 12.7. The van der Waals surface area contributed by atoms with Crippen molar-refractivity contribution >= 4 is 73.7 Å². The highest BCUT2D eigenvalue weighted by Gasteiger charge is 2.30. The maximum Gasteiger partial charge on any atom is 0.336 e. The second-order valence-electron chi connectivity index (χ2n) is 15.7. The third-order valence-electron chi connectivity index (χ3n) is 11.9. The van der Waals surface area contributed by atoms with E-state index in [0.717, 1.165) is 112 Å². The first-order valence-electron chi connectivity index (χ1n) is 22.0. The number of carboxylic acid groups (broad SMARTS) is 1. The van der Waals surface area contributed by atoms with Crippen molar-refractivity contribution in [3.63, 3.8) is 0 Å². The van der Waals surface area contributed by atoms with Gasteiger partial charge < -0.3 is 35.3 Å². The smallest absolute Gasteiger partial charge is 0.336 e. The molecule has 1 aliphatic carbocycles. The van der Waals surface area contributed by atoms with Gasteiger partial charge in [-0.2, -0.15) is 0 Å². The number of aromatic nitrogens is 3. The fourth-order valence-corrected chi connectivity index (χ4v) is 8.78. The van der Waals surface area contributed by atoms with Crippen molar-refractivity contribution in [2.75, 3.05) is 41.7 Å². The fraction of sp³-hybridized carbons (Fsp3) is 0.275. The van der Waals surface area contributed by atoms with Gasteiger partial charge in [0.2, 0.25) is 0 Å². The van der Waals surface area contributed by atoms with Gasteiger partial charge in [-0.15, -0.1) is 0 Å². The van der Waals surface area contributed by atoms with Gasteiger partial charge in [-0.1, -0.05) is 61.9 Å². The number of allylic oxidation sites excluding steroid dienone is 3. The van der Waals surface area contributed by atoms with E-state index in [0.29, 0.717) is 41.7 Å². The van der Waals surface area contributed by atoms with Gasteiger partial charge in [0.1, 0.15) is 22.8 Å². The summed E-state index contributed by atoms with van der Waals surface area (Å²) in [4.78, 5) is 31.8. The number of unbranched alkanes of at least 4 members (excludes halogenated alkanes) is 1. The maximum atomic E-state index is 13.0. The van der Waals surface area contributed by atoms with Crippen LogP contribution in [0.1, 0.15) is 75.5 Å². The van der Waals surface area contributed by atoms with Gasteiger partial charge >= 0.3 is 5.97 Å². The lowest BCUT2D eigenvalue weighted by atomic mass is 9.84. The Hall–Kier alpha value is -6.79. The van der Waals surface area contributed by atoms with Gasteiger partial charge in [-0.25, -0.2) is 19.8 Å². The van der Waals surface area contributed by atoms with Crippen LogP contribution in [-0.4, -0.2) is 62.6 Å². The molecule has 0 unspecified atom stereocenters. The third kappa shape index (κ3) is 8.68. The molecule has 0 atom stereocenters. The number of hydrogen-bond acceptors (Lipinski definition) is 8. The van der Waals surface area contributed by atoms with Crippen LogP contribution >= 0.6 is 12.2 Å². The monoisotopic (exact) mass is 858 g/mol. The van der Waals surface area contributed by atoms with Crippen LogP contribution < -0.4 is 25.6 Å². The van der Waals surface area contributed by atoms with Crippen LogP contribution in [0.15, 0.2) is 119 Å². The number of para-hydroxylation sites is 1. The van der Waals surface area contributed by atoms with Crippen molar-refractivity contribution in [1.29, 1.82) is 0 Å². The topological polar surface area (TPSA) is 134 Å². The van der Waals surface area contributed by atoms with E-state index in [1.807, 2.05) is 42.5 Å². The van der Waals surface area contributed by atoms with Crippen molar-refractivity contribution in [2.45, 2.75) is 67.0 Å². The van der Waals surface area contributed by atoms with Crippen LogP contribution in [0, 0.1) is 0 Å². The second-order valence-corrected chi connectivity index (χ2v) is 16.1. The number of nitrogen functional groups attached to an aromatic ring is 1. The van der Waals surface area contributed by atoms with E-state index >= 15 is 0 Å². The molecule has 8 rings (SSSR count). The molecule has 63 heavy (non-hydrogen) atoms. The molecule has 11 nitrogen and oxygen atoms in total. The van der Waals surface area contributed by atoms with Crippen molar-refractivity contribution in [2.24, 2.45) is 4.99 Å². The molecule has 0 spiro atoms. The lowest BCUT2D eigenvalue weighted by molar-refractivity contribution is -0.132. The van der Waals surface area contributed by atoms with Crippen molar-refractivity contribution in [1.82, 2.24) is 19.9 Å². The summed E-state index contributed by atoms with van der Waals surface area (Å²) in [5.41, 5.74) is 16.9. The Morgan fingerprint density at radius 1 is 0.841 bits per heavy atom. The summed E-state index contributed by atoms with van der Waals surface area (Å²) in [6.07, 6.45) is 8.19. The molecule has 4 N–H and O–H groups in total. The van der Waals surface area contributed by atoms with E-state index in [4.69, 9.17) is 27.7 Å². The number of benzene rings is 4. The number of nitrogens with two attached hydrogens (primary N) is 1. The number of imidazole rings is 1. The highest BCUT2D eigenvalue weighted by Crippen LogP contribution is 2.49. The average Bonchev–Trinajstić information content (AvgIpc) is 3.66. The Bertz CT molecular complexity index is 2780. The molecule has 0 saturated heterocycles. The lowest BCUT2D eigenvalue weighted by Gasteiger charge is -2.30. The van der Waals surface area contributed by atoms with E-state index in [2.05, 4.69) is 119 Å². The summed E-state index contributed by atoms with van der Waals surface area (Å²) in [5.74, 6) is 1.76. The Morgan fingerprint density at radius 2 is 1.48 bits per heavy atom. The van der Waals surface area contributed by atoms with Gasteiger partial charge in [0, 0.05) is 91.3 Å². The summed E-state index contributed by atoms with van der Waals surface area (Å²) >= 11 is 5.68. The number of fused-ring (bicyclic) bond motifs is 5. The number of pyridine rings is 1. The molecule has 6 aromatic rings. The number of nitrogens with zero attached hydrogens (tertiary/aromatic N) is 6. The molecule has 2 aliphatic rings. The molecule has 12 heteroatoms. The van der Waals surface area contributed by atoms with E-state index in [1.165, 1.54) is 0 Å². The van der Waals surface area contributed by atoms with E-state index < -0.39 is 5.97 Å². The highest BCUT2D eigenvalue weighted by atomic mass is 32.1. The zero-order valence-electron chi connectivity index (χ0n) is 36.6. The molecule has 0 saturated carbocycles. The van der Waals surface area contributed by atoms with Crippen molar-refractivity contribution in [3.8, 4) is 11.5 Å². The van der Waals surface area contributed by atoms with Crippen molar-refractivity contribution < 1.29 is 14.6 Å². The normalized spacial score (nSPS) is 13.8. The summed E-state index contributed by atoms with van der Waals surface area (Å²) in [6, 6.07) is 28.8. The first kappa shape index (κ1) is 42.9. The average molecular weight is 859 g/mol. The largest absolute Gasteiger partial charge is 0.478 e. The first-order chi connectivity index (χ1) is 30.6. The molecule has 0 fully saturated rings. The van der Waals surface area contributed by atoms with Gasteiger partial charge in [-0.3, -0.25) is 0 Å². The molecular formula is C51H54N8O3S. The number of ether oxygens (including phenoxy) is 1. The predicted octanol–water partition coefficient (Wildman–Crippen LogP) is 10.3. The third-order valence-corrected chi connectivity index (χ3v) is 12.2. The molecular weight excluding hydrogens is 805 g/mol. The van der Waals surface area contributed by atoms with Crippen LogP contribution in [0.25, 0.3) is 27.5 Å². The van der Waals surface area contributed by atoms with E-state index in [1.54, 1.807) is 6.08 Å². The Balaban J connectivity index is 1.04. The van der Waals surface area contributed by atoms with Crippen LogP contribution in [0.2, 0.25) is 0 Å². The van der Waals surface area contributed by atoms with Crippen LogP contribution in [0.4, 0.5) is 17.2 Å². The van der Waals surface area contributed by atoms with Crippen LogP contribution in [-0.2, 0) is 24.3 Å². The quantitative estimate of drug-likeness (QED) is 0.0908. The number of nitrogens with one attached hydrogen (secondary N) is 1. The minimum absolute atomic E-state index is 0.125. The highest BCUT2D eigenvalue weighted by molar-refractivity contribution is 7.80. The SMILES string of the molecule is CCCCc1nc2c(N)nc3ccccc3c2n1Cc1ccc(CNC(=S)N=C2C=CC(=C3c4ccc(N(CC)CC)cc4Oc4cc(N(CC)CC)ccc43)C(C(=O)O)=C2)cc1. The van der Waals surface area contributed by atoms with E-state index in [-0.39, 0.29) is 10.7 Å². The summed E-state index contributed by atoms with van der Waals surface area (Å²) < 4.78 is 8.92. The van der Waals surface area contributed by atoms with Crippen LogP contribution in [0.5, 0.6) is 11.5 Å². The molecule has 0 bridgehead atoms. The number of hydrogen-bond donors (Lipinski definition) is 3. The number of carbonyl (C=O) groups is 1. The number of carboxylic acids is 1. The molecule has 322 valence electrons. The first-order valence-corrected chi connectivity index (χ1v) is 22.4. The Morgan fingerprint density at radius 3 is 2.10 bits per heavy atom. The number of aliphatic carboxylic acids is 1. The number of thiocarbonyl (C=S) groups is 1. The summed E-state index contributed by atoms with van der Waals surface area (Å²) in [5, 5.41) is 15.2. The Labute approximate surface area is 374 Å². The number of aryl methyl sites for hydroxylation is 1. The molecule has 0 radical (unpaired) electrons. The number of rotatable bonds is 14. The molecule has 4 aromatic carbocycles. The van der Waals surface area contributed by atoms with Gasteiger partial charge in [0.25, 0.3) is 0 Å². The minimum Gasteiger partial charge on any atom is -0.478 e. The van der Waals surface area contributed by atoms with Gasteiger partial charge in [-0.05, 0) is 106 Å². The maximum absolute atomic E-state index is 13.0. The molecule has 1 aliphatic heterocycles. The standard InChI is InChI=1S/C51H54N8O3S/c1-6-11-16-45-56-47-48(38-14-12-13-15-42(38)55-49(47)52)59(45)31-33-19-17-32(18-20-33)30-53-51(63)54-34-21-24-37(41(27-34)50(60)61)46-39-25-22-35(57(7-2)8-3)28-43(39)62-44-29-36(23-26-40(44)46)58(9-4)10-5/h12-15,17-29H,6-11,16,30-31H2,1-5H3,(H2,52,55)(H,53,63)(H,60,61). The predicted molar refractivity (Wildman–Crippen MR) is 261 cm³/mol.